The Hall–Kier alpha value is -2.89. The van der Waals surface area contributed by atoms with Crippen LogP contribution in [-0.4, -0.2) is 14.9 Å². The van der Waals surface area contributed by atoms with Crippen molar-refractivity contribution in [2.45, 2.75) is 13.5 Å². The fourth-order valence-electron chi connectivity index (χ4n) is 2.27. The van der Waals surface area contributed by atoms with E-state index >= 15 is 0 Å². The second-order valence-corrected chi connectivity index (χ2v) is 4.83. The zero-order valence-corrected chi connectivity index (χ0v) is 11.5. The first-order chi connectivity index (χ1) is 10.1. The molecule has 6 nitrogen and oxygen atoms in total. The molecule has 0 unspecified atom stereocenters. The molecular formula is C15H14N4O2. The number of rotatable bonds is 4. The maximum Gasteiger partial charge on any atom is 0.274 e. The first kappa shape index (κ1) is 13.1. The molecule has 0 fully saturated rings. The number of hydrogen-bond acceptors (Lipinski definition) is 4. The average Bonchev–Trinajstić information content (AvgIpc) is 2.89. The van der Waals surface area contributed by atoms with E-state index in [1.54, 1.807) is 25.3 Å². The Morgan fingerprint density at radius 2 is 2.24 bits per heavy atom. The van der Waals surface area contributed by atoms with Crippen molar-refractivity contribution in [1.82, 2.24) is 9.97 Å². The van der Waals surface area contributed by atoms with Crippen molar-refractivity contribution in [3.8, 4) is 0 Å². The van der Waals surface area contributed by atoms with Crippen molar-refractivity contribution < 1.29 is 4.92 Å². The zero-order valence-electron chi connectivity index (χ0n) is 11.5. The lowest BCUT2D eigenvalue weighted by Crippen LogP contribution is -2.00. The first-order valence-corrected chi connectivity index (χ1v) is 6.55. The number of nitro groups is 1. The molecule has 3 rings (SSSR count). The normalized spacial score (nSPS) is 10.7. The molecule has 0 spiro atoms. The van der Waals surface area contributed by atoms with Crippen LogP contribution in [0.4, 0.5) is 11.4 Å². The molecule has 2 N–H and O–H groups in total. The Bertz CT molecular complexity index is 810. The lowest BCUT2D eigenvalue weighted by atomic mass is 10.1. The van der Waals surface area contributed by atoms with Gasteiger partial charge in [0, 0.05) is 41.6 Å². The number of aromatic nitrogens is 2. The van der Waals surface area contributed by atoms with Crippen LogP contribution in [0.1, 0.15) is 11.1 Å². The lowest BCUT2D eigenvalue weighted by Gasteiger charge is -2.06. The third kappa shape index (κ3) is 2.55. The summed E-state index contributed by atoms with van der Waals surface area (Å²) in [6.07, 6.45) is 3.63. The van der Waals surface area contributed by atoms with E-state index in [1.165, 1.54) is 0 Å². The molecule has 0 bridgehead atoms. The zero-order chi connectivity index (χ0) is 14.8. The summed E-state index contributed by atoms with van der Waals surface area (Å²) in [4.78, 5) is 17.9. The van der Waals surface area contributed by atoms with E-state index in [2.05, 4.69) is 15.3 Å². The van der Waals surface area contributed by atoms with Gasteiger partial charge in [-0.15, -0.1) is 0 Å². The van der Waals surface area contributed by atoms with Crippen LogP contribution in [0.2, 0.25) is 0 Å². The van der Waals surface area contributed by atoms with Gasteiger partial charge < -0.3 is 10.3 Å². The molecule has 2 aromatic heterocycles. The summed E-state index contributed by atoms with van der Waals surface area (Å²) in [6, 6.07) is 9.03. The molecule has 0 aliphatic heterocycles. The molecule has 6 heteroatoms. The highest BCUT2D eigenvalue weighted by Crippen LogP contribution is 2.23. The topological polar surface area (TPSA) is 83.8 Å². The van der Waals surface area contributed by atoms with Crippen molar-refractivity contribution in [3.63, 3.8) is 0 Å². The molecule has 0 radical (unpaired) electrons. The van der Waals surface area contributed by atoms with Crippen molar-refractivity contribution in [2.24, 2.45) is 0 Å². The third-order valence-corrected chi connectivity index (χ3v) is 3.43. The van der Waals surface area contributed by atoms with Gasteiger partial charge in [-0.3, -0.25) is 10.1 Å². The second kappa shape index (κ2) is 5.24. The van der Waals surface area contributed by atoms with Gasteiger partial charge in [-0.1, -0.05) is 6.07 Å². The number of nitrogens with one attached hydrogen (secondary N) is 2. The number of aryl methyl sites for hydroxylation is 1. The third-order valence-electron chi connectivity index (χ3n) is 3.43. The molecule has 21 heavy (non-hydrogen) atoms. The molecule has 0 aliphatic carbocycles. The van der Waals surface area contributed by atoms with Crippen molar-refractivity contribution in [2.75, 3.05) is 5.32 Å². The second-order valence-electron chi connectivity index (χ2n) is 4.83. The molecule has 106 valence electrons. The van der Waals surface area contributed by atoms with Crippen molar-refractivity contribution >= 4 is 22.4 Å². The number of hydrogen-bond donors (Lipinski definition) is 2. The van der Waals surface area contributed by atoms with E-state index in [1.807, 2.05) is 24.4 Å². The number of aromatic amines is 1. The van der Waals surface area contributed by atoms with Gasteiger partial charge in [-0.25, -0.2) is 4.98 Å². The molecule has 0 aliphatic rings. The standard InChI is InChI=1S/C15H14N4O2/c1-10-4-5-12(7-14(10)19(20)21)17-8-11-9-18-15-13(11)3-2-6-16-15/h2-7,9,17H,8H2,1H3,(H,16,18). The monoisotopic (exact) mass is 282 g/mol. The van der Waals surface area contributed by atoms with Crippen LogP contribution in [0, 0.1) is 17.0 Å². The van der Waals surface area contributed by atoms with Crippen LogP contribution < -0.4 is 5.32 Å². The summed E-state index contributed by atoms with van der Waals surface area (Å²) in [5.41, 5.74) is 3.42. The van der Waals surface area contributed by atoms with Gasteiger partial charge in [-0.2, -0.15) is 0 Å². The molecular weight excluding hydrogens is 268 g/mol. The lowest BCUT2D eigenvalue weighted by molar-refractivity contribution is -0.385. The van der Waals surface area contributed by atoms with Crippen molar-refractivity contribution in [3.05, 3.63) is 64.0 Å². The molecule has 0 saturated carbocycles. The quantitative estimate of drug-likeness (QED) is 0.567. The Kier molecular flexibility index (Phi) is 3.27. The van der Waals surface area contributed by atoms with Gasteiger partial charge in [0.15, 0.2) is 0 Å². The van der Waals surface area contributed by atoms with E-state index in [0.29, 0.717) is 12.1 Å². The number of nitrogens with zero attached hydrogens (tertiary/aromatic N) is 2. The number of pyridine rings is 1. The van der Waals surface area contributed by atoms with Gasteiger partial charge in [-0.05, 0) is 30.7 Å². The minimum Gasteiger partial charge on any atom is -0.381 e. The van der Waals surface area contributed by atoms with Gasteiger partial charge in [0.25, 0.3) is 5.69 Å². The molecule has 0 amide bonds. The molecule has 3 aromatic rings. The van der Waals surface area contributed by atoms with E-state index in [4.69, 9.17) is 0 Å². The molecule has 0 atom stereocenters. The van der Waals surface area contributed by atoms with Gasteiger partial charge in [0.05, 0.1) is 4.92 Å². The summed E-state index contributed by atoms with van der Waals surface area (Å²) in [6.45, 7) is 2.30. The van der Waals surface area contributed by atoms with E-state index in [0.717, 1.165) is 22.3 Å². The summed E-state index contributed by atoms with van der Waals surface area (Å²) < 4.78 is 0. The highest BCUT2D eigenvalue weighted by atomic mass is 16.6. The van der Waals surface area contributed by atoms with Crippen LogP contribution in [0.15, 0.2) is 42.7 Å². The maximum atomic E-state index is 10.9. The number of fused-ring (bicyclic) bond motifs is 1. The number of benzene rings is 1. The van der Waals surface area contributed by atoms with Crippen molar-refractivity contribution in [1.29, 1.82) is 0 Å². The summed E-state index contributed by atoms with van der Waals surface area (Å²) in [5, 5.41) is 15.2. The van der Waals surface area contributed by atoms with E-state index in [9.17, 15) is 10.1 Å². The molecule has 2 heterocycles. The van der Waals surface area contributed by atoms with E-state index in [-0.39, 0.29) is 10.6 Å². The smallest absolute Gasteiger partial charge is 0.274 e. The fraction of sp³-hybridized carbons (Fsp3) is 0.133. The van der Waals surface area contributed by atoms with Crippen LogP contribution in [0.5, 0.6) is 0 Å². The number of nitro benzene ring substituents is 1. The Morgan fingerprint density at radius 1 is 1.38 bits per heavy atom. The summed E-state index contributed by atoms with van der Waals surface area (Å²) in [5.74, 6) is 0. The maximum absolute atomic E-state index is 10.9. The average molecular weight is 282 g/mol. The van der Waals surface area contributed by atoms with Crippen LogP contribution in [0.3, 0.4) is 0 Å². The highest BCUT2D eigenvalue weighted by Gasteiger charge is 2.11. The predicted octanol–water partition coefficient (Wildman–Crippen LogP) is 3.39. The minimum absolute atomic E-state index is 0.126. The van der Waals surface area contributed by atoms with Gasteiger partial charge in [0.1, 0.15) is 5.65 Å². The number of H-pyrrole nitrogens is 1. The minimum atomic E-state index is -0.365. The predicted molar refractivity (Wildman–Crippen MR) is 81.3 cm³/mol. The summed E-state index contributed by atoms with van der Waals surface area (Å²) in [7, 11) is 0. The Balaban J connectivity index is 1.82. The van der Waals surface area contributed by atoms with Crippen LogP contribution >= 0.6 is 0 Å². The SMILES string of the molecule is Cc1ccc(NCc2c[nH]c3ncccc23)cc1[N+](=O)[O-]. The molecule has 0 saturated heterocycles. The Labute approximate surface area is 121 Å². The van der Waals surface area contributed by atoms with E-state index < -0.39 is 0 Å². The highest BCUT2D eigenvalue weighted by molar-refractivity contribution is 5.79. The van der Waals surface area contributed by atoms with Crippen LogP contribution in [-0.2, 0) is 6.54 Å². The fourth-order valence-corrected chi connectivity index (χ4v) is 2.27. The van der Waals surface area contributed by atoms with Gasteiger partial charge in [0.2, 0.25) is 0 Å². The largest absolute Gasteiger partial charge is 0.381 e. The number of anilines is 1. The first-order valence-electron chi connectivity index (χ1n) is 6.55. The molecule has 1 aromatic carbocycles. The summed E-state index contributed by atoms with van der Waals surface area (Å²) >= 11 is 0. The Morgan fingerprint density at radius 3 is 3.05 bits per heavy atom. The van der Waals surface area contributed by atoms with Gasteiger partial charge >= 0.3 is 0 Å². The van der Waals surface area contributed by atoms with Crippen LogP contribution in [0.25, 0.3) is 11.0 Å².